The number of carbonyl (C=O) groups excluding carboxylic acids is 2. The van der Waals surface area contributed by atoms with E-state index in [-0.39, 0.29) is 30.1 Å². The van der Waals surface area contributed by atoms with Crippen molar-refractivity contribution in [2.75, 3.05) is 13.7 Å². The minimum absolute atomic E-state index is 0.165. The summed E-state index contributed by atoms with van der Waals surface area (Å²) < 4.78 is 24.6. The number of esters is 2. The van der Waals surface area contributed by atoms with Crippen molar-refractivity contribution in [2.45, 2.75) is 83.6 Å². The van der Waals surface area contributed by atoms with Crippen LogP contribution < -0.4 is 0 Å². The highest BCUT2D eigenvalue weighted by Gasteiger charge is 2.70. The number of nitrogens with one attached hydrogen (secondary N) is 1. The number of carbonyl (C=O) groups is 2. The molecule has 0 amide bonds. The van der Waals surface area contributed by atoms with Gasteiger partial charge in [0.05, 0.1) is 30.4 Å². The highest BCUT2D eigenvalue weighted by Crippen LogP contribution is 2.62. The van der Waals surface area contributed by atoms with Gasteiger partial charge in [0.15, 0.2) is 0 Å². The molecule has 0 radical (unpaired) electrons. The number of aromatic nitrogens is 2. The fraction of sp³-hybridized carbons (Fsp3) is 0.700. The second-order valence-electron chi connectivity index (χ2n) is 11.9. The van der Waals surface area contributed by atoms with Crippen LogP contribution in [0.1, 0.15) is 56.7 Å². The Balaban J connectivity index is 1.61. The lowest BCUT2D eigenvalue weighted by atomic mass is 9.56. The van der Waals surface area contributed by atoms with Gasteiger partial charge in [0.25, 0.3) is 0 Å². The average molecular weight is 559 g/mol. The first-order chi connectivity index (χ1) is 19.1. The van der Waals surface area contributed by atoms with Crippen LogP contribution in [0.3, 0.4) is 0 Å². The standard InChI is InChI=1S/C30H42N2O8/c1-7-17-20-10-9-18-23-24(34)19(13-37-6)26(39-29(36)21-12-16(5)31-32-21)27(18)40-30(20,23)15(4)11-14(3)25(22(33)8-2)38-28(17)35/h9-12,14,17-20,22-27,33-34H,7-8,13H2,1-6H3,(H,31,32)/b15-11+/t14-,17-,18-,19-,20-,22-,23+,24-,25+,26-,27-,30+/m1/s1. The summed E-state index contributed by atoms with van der Waals surface area (Å²) in [6.45, 7) is 9.64. The molecule has 1 aromatic rings. The number of aliphatic hydroxyl groups is 2. The third-order valence-corrected chi connectivity index (χ3v) is 9.61. The molecule has 1 saturated heterocycles. The molecule has 12 atom stereocenters. The SMILES string of the molecule is CC[C@@H](O)[C@H]1OC(=O)[C@H](CC)[C@H]2C=C[C@H]3[C@H]4O[C@]2(/C(C)=C/[C@H]1C)[C@@H]3[C@H](O)[C@@H](COC)[C@H]4OC(=O)c1cc(C)n[nH]1. The van der Waals surface area contributed by atoms with E-state index >= 15 is 0 Å². The van der Waals surface area contributed by atoms with Gasteiger partial charge in [-0.3, -0.25) is 9.89 Å². The maximum Gasteiger partial charge on any atom is 0.356 e. The fourth-order valence-electron chi connectivity index (χ4n) is 7.75. The van der Waals surface area contributed by atoms with E-state index < -0.39 is 65.8 Å². The zero-order chi connectivity index (χ0) is 28.9. The monoisotopic (exact) mass is 558 g/mol. The fourth-order valence-corrected chi connectivity index (χ4v) is 7.75. The number of methoxy groups -OCH3 is 1. The molecule has 2 aliphatic heterocycles. The topological polar surface area (TPSA) is 140 Å². The summed E-state index contributed by atoms with van der Waals surface area (Å²) >= 11 is 0. The largest absolute Gasteiger partial charge is 0.459 e. The molecular weight excluding hydrogens is 516 g/mol. The molecule has 2 aliphatic carbocycles. The molecule has 10 nitrogen and oxygen atoms in total. The number of cyclic esters (lactones) is 1. The number of nitrogens with zero attached hydrogens (tertiary/aromatic N) is 1. The Morgan fingerprint density at radius 3 is 2.65 bits per heavy atom. The predicted octanol–water partition coefficient (Wildman–Crippen LogP) is 2.74. The van der Waals surface area contributed by atoms with Gasteiger partial charge in [-0.25, -0.2) is 4.79 Å². The van der Waals surface area contributed by atoms with Gasteiger partial charge in [-0.2, -0.15) is 5.10 Å². The number of hydrogen-bond donors (Lipinski definition) is 3. The maximum atomic E-state index is 13.7. The van der Waals surface area contributed by atoms with Gasteiger partial charge < -0.3 is 29.2 Å². The molecule has 10 heteroatoms. The van der Waals surface area contributed by atoms with Crippen LogP contribution in [0.2, 0.25) is 0 Å². The quantitative estimate of drug-likeness (QED) is 0.340. The number of H-pyrrole nitrogens is 1. The Labute approximate surface area is 235 Å². The average Bonchev–Trinajstić information content (AvgIpc) is 3.44. The molecule has 1 aromatic heterocycles. The molecule has 1 spiro atoms. The highest BCUT2D eigenvalue weighted by molar-refractivity contribution is 5.87. The molecule has 2 fully saturated rings. The Hall–Kier alpha value is -2.53. The van der Waals surface area contributed by atoms with Crippen LogP contribution in [-0.2, 0) is 23.7 Å². The maximum absolute atomic E-state index is 13.7. The zero-order valence-electron chi connectivity index (χ0n) is 24.1. The Morgan fingerprint density at radius 1 is 1.27 bits per heavy atom. The van der Waals surface area contributed by atoms with Crippen LogP contribution in [0.4, 0.5) is 0 Å². The first-order valence-corrected chi connectivity index (χ1v) is 14.4. The number of aromatic amines is 1. The molecule has 220 valence electrons. The third kappa shape index (κ3) is 4.44. The van der Waals surface area contributed by atoms with Gasteiger partial charge in [0, 0.05) is 36.7 Å². The summed E-state index contributed by atoms with van der Waals surface area (Å²) in [6.07, 6.45) is 3.19. The van der Waals surface area contributed by atoms with Crippen molar-refractivity contribution in [3.05, 3.63) is 41.3 Å². The number of aliphatic hydroxyl groups excluding tert-OH is 2. The van der Waals surface area contributed by atoms with E-state index in [1.807, 2.05) is 45.9 Å². The zero-order valence-corrected chi connectivity index (χ0v) is 24.1. The number of hydrogen-bond acceptors (Lipinski definition) is 9. The van der Waals surface area contributed by atoms with Crippen LogP contribution in [-0.4, -0.2) is 82.2 Å². The summed E-state index contributed by atoms with van der Waals surface area (Å²) in [6, 6.07) is 1.61. The van der Waals surface area contributed by atoms with Crippen LogP contribution >= 0.6 is 0 Å². The molecule has 5 rings (SSSR count). The molecule has 0 unspecified atom stereocenters. The van der Waals surface area contributed by atoms with E-state index in [2.05, 4.69) is 10.2 Å². The molecule has 40 heavy (non-hydrogen) atoms. The third-order valence-electron chi connectivity index (χ3n) is 9.61. The Morgan fingerprint density at radius 2 is 2.02 bits per heavy atom. The minimum atomic E-state index is -1.03. The lowest BCUT2D eigenvalue weighted by Gasteiger charge is -2.49. The van der Waals surface area contributed by atoms with Gasteiger partial charge in [-0.1, -0.05) is 39.0 Å². The Bertz CT molecular complexity index is 1180. The molecular formula is C30H42N2O8. The van der Waals surface area contributed by atoms with Gasteiger partial charge in [0.1, 0.15) is 29.6 Å². The van der Waals surface area contributed by atoms with Gasteiger partial charge in [-0.15, -0.1) is 0 Å². The number of ether oxygens (including phenoxy) is 4. The number of rotatable bonds is 7. The summed E-state index contributed by atoms with van der Waals surface area (Å²) in [5.41, 5.74) is 0.732. The molecule has 1 saturated carbocycles. The second-order valence-corrected chi connectivity index (χ2v) is 11.9. The van der Waals surface area contributed by atoms with E-state index in [4.69, 9.17) is 18.9 Å². The van der Waals surface area contributed by atoms with Crippen molar-refractivity contribution in [3.63, 3.8) is 0 Å². The van der Waals surface area contributed by atoms with E-state index in [9.17, 15) is 19.8 Å². The van der Waals surface area contributed by atoms with Crippen LogP contribution in [0, 0.1) is 42.4 Å². The molecule has 3 N–H and O–H groups in total. The van der Waals surface area contributed by atoms with Crippen molar-refractivity contribution in [1.29, 1.82) is 0 Å². The van der Waals surface area contributed by atoms with Crippen molar-refractivity contribution in [2.24, 2.45) is 35.5 Å². The first-order valence-electron chi connectivity index (χ1n) is 14.4. The van der Waals surface area contributed by atoms with Gasteiger partial charge in [-0.05, 0) is 38.3 Å². The molecule has 0 aromatic carbocycles. The van der Waals surface area contributed by atoms with Gasteiger partial charge in [0.2, 0.25) is 0 Å². The highest BCUT2D eigenvalue weighted by atomic mass is 16.6. The number of aryl methyl sites for hydroxylation is 1. The predicted molar refractivity (Wildman–Crippen MR) is 144 cm³/mol. The van der Waals surface area contributed by atoms with E-state index in [0.29, 0.717) is 18.5 Å². The van der Waals surface area contributed by atoms with E-state index in [1.54, 1.807) is 20.1 Å². The van der Waals surface area contributed by atoms with E-state index in [1.165, 1.54) is 0 Å². The normalized spacial score (nSPS) is 42.5. The smallest absolute Gasteiger partial charge is 0.356 e. The summed E-state index contributed by atoms with van der Waals surface area (Å²) in [5, 5.41) is 29.5. The van der Waals surface area contributed by atoms with Crippen molar-refractivity contribution < 1.29 is 38.7 Å². The molecule has 4 aliphatic rings. The molecule has 4 bridgehead atoms. The Kier molecular flexibility index (Phi) is 8.00. The second kappa shape index (κ2) is 11.0. The van der Waals surface area contributed by atoms with Crippen LogP contribution in [0.5, 0.6) is 0 Å². The first kappa shape index (κ1) is 29.0. The van der Waals surface area contributed by atoms with Crippen LogP contribution in [0.15, 0.2) is 29.9 Å². The van der Waals surface area contributed by atoms with Gasteiger partial charge >= 0.3 is 11.9 Å². The lowest BCUT2D eigenvalue weighted by molar-refractivity contribution is -0.168. The summed E-state index contributed by atoms with van der Waals surface area (Å²) in [7, 11) is 1.55. The van der Waals surface area contributed by atoms with Crippen molar-refractivity contribution >= 4 is 11.9 Å². The molecule has 3 heterocycles. The summed E-state index contributed by atoms with van der Waals surface area (Å²) in [5.74, 6) is -3.41. The van der Waals surface area contributed by atoms with Crippen molar-refractivity contribution in [1.82, 2.24) is 10.2 Å². The van der Waals surface area contributed by atoms with Crippen LogP contribution in [0.25, 0.3) is 0 Å². The summed E-state index contributed by atoms with van der Waals surface area (Å²) in [4.78, 5) is 26.8. The van der Waals surface area contributed by atoms with E-state index in [0.717, 1.165) is 5.57 Å². The van der Waals surface area contributed by atoms with Crippen molar-refractivity contribution in [3.8, 4) is 0 Å². The minimum Gasteiger partial charge on any atom is -0.459 e. The lowest BCUT2D eigenvalue weighted by Crippen LogP contribution is -2.59.